The summed E-state index contributed by atoms with van der Waals surface area (Å²) in [5.74, 6) is 1.19. The third-order valence-corrected chi connectivity index (χ3v) is 4.73. The molecule has 0 aliphatic rings. The molecule has 11 heteroatoms. The number of aromatic nitrogens is 3. The Balaban J connectivity index is 1.45. The Hall–Kier alpha value is -4.67. The zero-order valence-corrected chi connectivity index (χ0v) is 18.3. The molecule has 3 N–H and O–H groups in total. The van der Waals surface area contributed by atoms with E-state index in [0.717, 1.165) is 6.07 Å². The molecule has 4 rings (SSSR count). The van der Waals surface area contributed by atoms with E-state index in [1.165, 1.54) is 18.2 Å². The third kappa shape index (κ3) is 5.82. The van der Waals surface area contributed by atoms with Crippen molar-refractivity contribution in [3.8, 4) is 22.9 Å². The Bertz CT molecular complexity index is 1330. The van der Waals surface area contributed by atoms with Crippen molar-refractivity contribution in [3.63, 3.8) is 0 Å². The van der Waals surface area contributed by atoms with Gasteiger partial charge in [0.1, 0.15) is 5.75 Å². The van der Waals surface area contributed by atoms with Crippen molar-refractivity contribution in [2.24, 2.45) is 0 Å². The number of rotatable bonds is 6. The summed E-state index contributed by atoms with van der Waals surface area (Å²) in [5.41, 5.74) is 0.342. The summed E-state index contributed by atoms with van der Waals surface area (Å²) in [6.07, 6.45) is -1.39. The van der Waals surface area contributed by atoms with Crippen LogP contribution in [-0.4, -0.2) is 28.0 Å². The summed E-state index contributed by atoms with van der Waals surface area (Å²) < 4.78 is 45.3. The van der Waals surface area contributed by atoms with Gasteiger partial charge in [0.25, 0.3) is 0 Å². The molecule has 2 heterocycles. The van der Waals surface area contributed by atoms with Gasteiger partial charge in [-0.25, -0.2) is 19.7 Å². The maximum atomic E-state index is 13.1. The molecule has 8 nitrogen and oxygen atoms in total. The molecule has 0 atom stereocenters. The predicted molar refractivity (Wildman–Crippen MR) is 125 cm³/mol. The van der Waals surface area contributed by atoms with Gasteiger partial charge in [0.15, 0.2) is 0 Å². The van der Waals surface area contributed by atoms with E-state index in [2.05, 4.69) is 30.9 Å². The van der Waals surface area contributed by atoms with Gasteiger partial charge in [-0.05, 0) is 54.6 Å². The summed E-state index contributed by atoms with van der Waals surface area (Å²) in [7, 11) is 1.71. The van der Waals surface area contributed by atoms with Crippen LogP contribution in [0.2, 0.25) is 0 Å². The van der Waals surface area contributed by atoms with Gasteiger partial charge >= 0.3 is 12.2 Å². The van der Waals surface area contributed by atoms with Gasteiger partial charge in [-0.2, -0.15) is 13.2 Å². The normalized spacial score (nSPS) is 11.0. The van der Waals surface area contributed by atoms with E-state index in [1.54, 1.807) is 55.8 Å². The van der Waals surface area contributed by atoms with Crippen molar-refractivity contribution in [1.29, 1.82) is 0 Å². The van der Waals surface area contributed by atoms with Crippen LogP contribution in [0.4, 0.5) is 35.3 Å². The number of pyridine rings is 1. The maximum Gasteiger partial charge on any atom is 0.418 e. The second-order valence-corrected chi connectivity index (χ2v) is 7.12. The molecule has 2 aromatic heterocycles. The molecular formula is C24H19F3N6O2. The number of halogens is 3. The first-order chi connectivity index (χ1) is 16.8. The fraction of sp³-hybridized carbons (Fsp3) is 0.0833. The Morgan fingerprint density at radius 3 is 2.40 bits per heavy atom. The number of urea groups is 1. The van der Waals surface area contributed by atoms with E-state index in [-0.39, 0.29) is 5.69 Å². The smallest absolute Gasteiger partial charge is 0.418 e. The van der Waals surface area contributed by atoms with Crippen LogP contribution in [0, 0.1) is 0 Å². The molecule has 0 aliphatic carbocycles. The molecule has 35 heavy (non-hydrogen) atoms. The summed E-state index contributed by atoms with van der Waals surface area (Å²) in [6, 6.07) is 15.5. The van der Waals surface area contributed by atoms with E-state index in [9.17, 15) is 18.0 Å². The quantitative estimate of drug-likeness (QED) is 0.311. The molecule has 0 unspecified atom stereocenters. The Kier molecular flexibility index (Phi) is 6.76. The van der Waals surface area contributed by atoms with E-state index < -0.39 is 17.8 Å². The molecule has 0 bridgehead atoms. The Morgan fingerprint density at radius 1 is 0.886 bits per heavy atom. The first-order valence-electron chi connectivity index (χ1n) is 10.3. The fourth-order valence-electron chi connectivity index (χ4n) is 3.14. The minimum atomic E-state index is -4.59. The topological polar surface area (TPSA) is 101 Å². The molecule has 0 radical (unpaired) electrons. The van der Waals surface area contributed by atoms with Crippen LogP contribution >= 0.6 is 0 Å². The van der Waals surface area contributed by atoms with Crippen LogP contribution in [0.1, 0.15) is 5.56 Å². The van der Waals surface area contributed by atoms with Gasteiger partial charge in [-0.1, -0.05) is 12.1 Å². The van der Waals surface area contributed by atoms with Gasteiger partial charge in [-0.15, -0.1) is 0 Å². The summed E-state index contributed by atoms with van der Waals surface area (Å²) in [6.45, 7) is 0. The summed E-state index contributed by atoms with van der Waals surface area (Å²) >= 11 is 0. The fourth-order valence-corrected chi connectivity index (χ4v) is 3.14. The standard InChI is InChI=1S/C24H19F3N6O2/c1-28-22-30-14-12-19(32-22)17-5-4-13-29-21(17)35-16-10-8-15(9-11-16)31-23(34)33-20-7-3-2-6-18(20)24(25,26)27/h2-14H,1H3,(H,28,30,32)(H2,31,33,34). The lowest BCUT2D eigenvalue weighted by atomic mass is 10.1. The molecule has 0 spiro atoms. The van der Waals surface area contributed by atoms with Crippen molar-refractivity contribution in [2.75, 3.05) is 23.0 Å². The van der Waals surface area contributed by atoms with Crippen LogP contribution in [0.3, 0.4) is 0 Å². The molecule has 2 aromatic carbocycles. The van der Waals surface area contributed by atoms with E-state index in [1.807, 2.05) is 6.07 Å². The first-order valence-corrected chi connectivity index (χ1v) is 10.3. The zero-order chi connectivity index (χ0) is 24.8. The number of benzene rings is 2. The number of alkyl halides is 3. The highest BCUT2D eigenvalue weighted by Gasteiger charge is 2.33. The molecule has 2 amide bonds. The predicted octanol–water partition coefficient (Wildman–Crippen LogP) is 6.04. The van der Waals surface area contributed by atoms with Crippen LogP contribution in [0.5, 0.6) is 11.6 Å². The zero-order valence-electron chi connectivity index (χ0n) is 18.3. The van der Waals surface area contributed by atoms with Crippen molar-refractivity contribution in [1.82, 2.24) is 15.0 Å². The van der Waals surface area contributed by atoms with Crippen molar-refractivity contribution in [2.45, 2.75) is 6.18 Å². The highest BCUT2D eigenvalue weighted by Crippen LogP contribution is 2.35. The lowest BCUT2D eigenvalue weighted by molar-refractivity contribution is -0.136. The number of hydrogen-bond donors (Lipinski definition) is 3. The van der Waals surface area contributed by atoms with Crippen LogP contribution in [0.25, 0.3) is 11.3 Å². The molecule has 178 valence electrons. The number of anilines is 3. The summed E-state index contributed by atoms with van der Waals surface area (Å²) in [5, 5.41) is 7.60. The largest absolute Gasteiger partial charge is 0.438 e. The van der Waals surface area contributed by atoms with Crippen LogP contribution in [0.15, 0.2) is 79.1 Å². The number of amides is 2. The maximum absolute atomic E-state index is 13.1. The molecule has 0 aliphatic heterocycles. The van der Waals surface area contributed by atoms with Gasteiger partial charge in [0.2, 0.25) is 11.8 Å². The van der Waals surface area contributed by atoms with E-state index in [4.69, 9.17) is 4.74 Å². The minimum Gasteiger partial charge on any atom is -0.438 e. The number of nitrogens with one attached hydrogen (secondary N) is 3. The highest BCUT2D eigenvalue weighted by atomic mass is 19.4. The SMILES string of the molecule is CNc1nccc(-c2cccnc2Oc2ccc(NC(=O)Nc3ccccc3C(F)(F)F)cc2)n1. The van der Waals surface area contributed by atoms with Crippen molar-refractivity contribution >= 4 is 23.4 Å². The average Bonchev–Trinajstić information content (AvgIpc) is 2.85. The average molecular weight is 480 g/mol. The van der Waals surface area contributed by atoms with E-state index in [0.29, 0.717) is 34.5 Å². The summed E-state index contributed by atoms with van der Waals surface area (Å²) in [4.78, 5) is 25.0. The monoisotopic (exact) mass is 480 g/mol. The molecule has 4 aromatic rings. The van der Waals surface area contributed by atoms with Gasteiger partial charge in [0.05, 0.1) is 22.5 Å². The number of nitrogens with zero attached hydrogens (tertiary/aromatic N) is 3. The highest BCUT2D eigenvalue weighted by molar-refractivity contribution is 6.00. The number of ether oxygens (including phenoxy) is 1. The van der Waals surface area contributed by atoms with E-state index >= 15 is 0 Å². The van der Waals surface area contributed by atoms with Gasteiger partial charge in [0, 0.05) is 25.1 Å². The number of carbonyl (C=O) groups is 1. The third-order valence-electron chi connectivity index (χ3n) is 4.73. The number of para-hydroxylation sites is 1. The molecule has 0 fully saturated rings. The van der Waals surface area contributed by atoms with Gasteiger partial charge < -0.3 is 20.7 Å². The minimum absolute atomic E-state index is 0.315. The van der Waals surface area contributed by atoms with Crippen molar-refractivity contribution in [3.05, 3.63) is 84.7 Å². The number of hydrogen-bond acceptors (Lipinski definition) is 6. The Morgan fingerprint density at radius 2 is 1.66 bits per heavy atom. The lowest BCUT2D eigenvalue weighted by Crippen LogP contribution is -2.21. The van der Waals surface area contributed by atoms with Gasteiger partial charge in [-0.3, -0.25) is 0 Å². The molecule has 0 saturated carbocycles. The second kappa shape index (κ2) is 10.1. The number of carbonyl (C=O) groups excluding carboxylic acids is 1. The van der Waals surface area contributed by atoms with Crippen LogP contribution in [-0.2, 0) is 6.18 Å². The lowest BCUT2D eigenvalue weighted by Gasteiger charge is -2.14. The van der Waals surface area contributed by atoms with Crippen LogP contribution < -0.4 is 20.7 Å². The second-order valence-electron chi connectivity index (χ2n) is 7.12. The Labute approximate surface area is 198 Å². The molecular weight excluding hydrogens is 461 g/mol. The molecule has 0 saturated heterocycles. The first kappa shape index (κ1) is 23.5. The van der Waals surface area contributed by atoms with Crippen molar-refractivity contribution < 1.29 is 22.7 Å².